The summed E-state index contributed by atoms with van der Waals surface area (Å²) in [5.41, 5.74) is 11.1. The Labute approximate surface area is 70.6 Å². The largest absolute Gasteiger partial charge is 0.369 e. The molecule has 0 saturated heterocycles. The van der Waals surface area contributed by atoms with Crippen molar-refractivity contribution in [1.82, 2.24) is 4.98 Å². The molecule has 1 atom stereocenters. The van der Waals surface area contributed by atoms with Gasteiger partial charge in [0.05, 0.1) is 11.6 Å². The van der Waals surface area contributed by atoms with Crippen molar-refractivity contribution in [3.05, 3.63) is 30.1 Å². The van der Waals surface area contributed by atoms with Gasteiger partial charge in [-0.15, -0.1) is 0 Å². The summed E-state index contributed by atoms with van der Waals surface area (Å²) in [5, 5.41) is 0. The Kier molecular flexibility index (Phi) is 2.76. The molecule has 12 heavy (non-hydrogen) atoms. The lowest BCUT2D eigenvalue weighted by Gasteiger charge is -2.08. The molecule has 0 unspecified atom stereocenters. The van der Waals surface area contributed by atoms with E-state index >= 15 is 0 Å². The molecule has 0 bridgehead atoms. The zero-order chi connectivity index (χ0) is 8.97. The Morgan fingerprint density at radius 2 is 2.33 bits per heavy atom. The highest BCUT2D eigenvalue weighted by molar-refractivity contribution is 5.81. The van der Waals surface area contributed by atoms with Crippen molar-refractivity contribution in [2.75, 3.05) is 6.54 Å². The third kappa shape index (κ3) is 1.79. The highest BCUT2D eigenvalue weighted by Gasteiger charge is 2.15. The molecule has 64 valence electrons. The monoisotopic (exact) mass is 165 g/mol. The third-order valence-corrected chi connectivity index (χ3v) is 1.62. The van der Waals surface area contributed by atoms with E-state index in [4.69, 9.17) is 11.5 Å². The maximum atomic E-state index is 10.8. The van der Waals surface area contributed by atoms with Crippen LogP contribution < -0.4 is 11.5 Å². The number of rotatable bonds is 3. The first-order chi connectivity index (χ1) is 5.75. The van der Waals surface area contributed by atoms with Gasteiger partial charge in [0.2, 0.25) is 5.91 Å². The van der Waals surface area contributed by atoms with Gasteiger partial charge >= 0.3 is 0 Å². The topological polar surface area (TPSA) is 82.0 Å². The van der Waals surface area contributed by atoms with Gasteiger partial charge in [0.1, 0.15) is 0 Å². The Balaban J connectivity index is 2.88. The van der Waals surface area contributed by atoms with E-state index in [2.05, 4.69) is 4.98 Å². The molecule has 1 aromatic rings. The fourth-order valence-corrected chi connectivity index (χ4v) is 0.965. The van der Waals surface area contributed by atoms with Crippen molar-refractivity contribution >= 4 is 5.91 Å². The molecule has 1 rings (SSSR count). The van der Waals surface area contributed by atoms with Gasteiger partial charge in [0, 0.05) is 12.7 Å². The molecule has 0 saturated carbocycles. The van der Waals surface area contributed by atoms with Crippen LogP contribution in [0.2, 0.25) is 0 Å². The van der Waals surface area contributed by atoms with Gasteiger partial charge in [-0.1, -0.05) is 6.07 Å². The molecule has 0 fully saturated rings. The Hall–Kier alpha value is -1.42. The molecule has 0 aromatic carbocycles. The maximum Gasteiger partial charge on any atom is 0.227 e. The van der Waals surface area contributed by atoms with E-state index in [0.29, 0.717) is 5.69 Å². The van der Waals surface area contributed by atoms with Crippen LogP contribution in [0.3, 0.4) is 0 Å². The van der Waals surface area contributed by atoms with Crippen molar-refractivity contribution in [3.8, 4) is 0 Å². The number of hydrogen-bond donors (Lipinski definition) is 2. The predicted molar refractivity (Wildman–Crippen MR) is 45.2 cm³/mol. The average Bonchev–Trinajstić information content (AvgIpc) is 2.07. The minimum Gasteiger partial charge on any atom is -0.369 e. The SMILES string of the molecule is NC[C@@H](C(N)=O)c1ccccn1. The number of nitrogens with two attached hydrogens (primary N) is 2. The predicted octanol–water partition coefficient (Wildman–Crippen LogP) is -0.391. The lowest BCUT2D eigenvalue weighted by atomic mass is 10.1. The number of amides is 1. The molecule has 1 heterocycles. The van der Waals surface area contributed by atoms with Gasteiger partial charge in [-0.2, -0.15) is 0 Å². The standard InChI is InChI=1S/C8H11N3O/c9-5-6(8(10)12)7-3-1-2-4-11-7/h1-4,6H,5,9H2,(H2,10,12)/t6-/m1/s1. The summed E-state index contributed by atoms with van der Waals surface area (Å²) in [7, 11) is 0. The van der Waals surface area contributed by atoms with Crippen LogP contribution >= 0.6 is 0 Å². The normalized spacial score (nSPS) is 12.4. The molecule has 0 aliphatic carbocycles. The van der Waals surface area contributed by atoms with Crippen molar-refractivity contribution in [2.24, 2.45) is 11.5 Å². The number of primary amides is 1. The van der Waals surface area contributed by atoms with E-state index in [9.17, 15) is 4.79 Å². The molecule has 0 aliphatic heterocycles. The average molecular weight is 165 g/mol. The minimum atomic E-state index is -0.466. The van der Waals surface area contributed by atoms with E-state index in [1.807, 2.05) is 0 Å². The van der Waals surface area contributed by atoms with Crippen molar-refractivity contribution in [1.29, 1.82) is 0 Å². The summed E-state index contributed by atoms with van der Waals surface area (Å²) in [6.45, 7) is 0.201. The second-order valence-electron chi connectivity index (χ2n) is 2.45. The molecule has 0 spiro atoms. The van der Waals surface area contributed by atoms with Gasteiger partial charge in [0.25, 0.3) is 0 Å². The summed E-state index contributed by atoms with van der Waals surface area (Å²) >= 11 is 0. The maximum absolute atomic E-state index is 10.8. The van der Waals surface area contributed by atoms with Crippen LogP contribution in [0.1, 0.15) is 11.6 Å². The smallest absolute Gasteiger partial charge is 0.227 e. The first-order valence-corrected chi connectivity index (χ1v) is 3.66. The van der Waals surface area contributed by atoms with Gasteiger partial charge < -0.3 is 11.5 Å². The van der Waals surface area contributed by atoms with Crippen molar-refractivity contribution in [3.63, 3.8) is 0 Å². The lowest BCUT2D eigenvalue weighted by molar-refractivity contribution is -0.119. The Morgan fingerprint density at radius 3 is 2.75 bits per heavy atom. The summed E-state index contributed by atoms with van der Waals surface area (Å²) in [4.78, 5) is 14.8. The summed E-state index contributed by atoms with van der Waals surface area (Å²) < 4.78 is 0. The fraction of sp³-hybridized carbons (Fsp3) is 0.250. The van der Waals surface area contributed by atoms with E-state index in [0.717, 1.165) is 0 Å². The quantitative estimate of drug-likeness (QED) is 0.639. The Morgan fingerprint density at radius 1 is 1.58 bits per heavy atom. The molecule has 1 aromatic heterocycles. The molecule has 0 radical (unpaired) electrons. The number of pyridine rings is 1. The van der Waals surface area contributed by atoms with E-state index < -0.39 is 11.8 Å². The van der Waals surface area contributed by atoms with Crippen LogP contribution in [-0.2, 0) is 4.79 Å². The van der Waals surface area contributed by atoms with Crippen molar-refractivity contribution < 1.29 is 4.79 Å². The molecule has 0 aliphatic rings. The molecular formula is C8H11N3O. The molecule has 4 nitrogen and oxygen atoms in total. The number of hydrogen-bond acceptors (Lipinski definition) is 3. The van der Waals surface area contributed by atoms with Gasteiger partial charge in [-0.25, -0.2) is 0 Å². The van der Waals surface area contributed by atoms with E-state index in [-0.39, 0.29) is 6.54 Å². The number of carbonyl (C=O) groups is 1. The highest BCUT2D eigenvalue weighted by atomic mass is 16.1. The fourth-order valence-electron chi connectivity index (χ4n) is 0.965. The first kappa shape index (κ1) is 8.67. The minimum absolute atomic E-state index is 0.201. The van der Waals surface area contributed by atoms with Gasteiger partial charge in [0.15, 0.2) is 0 Å². The zero-order valence-electron chi connectivity index (χ0n) is 6.60. The van der Waals surface area contributed by atoms with Crippen LogP contribution in [-0.4, -0.2) is 17.4 Å². The zero-order valence-corrected chi connectivity index (χ0v) is 6.60. The van der Waals surface area contributed by atoms with Crippen LogP contribution in [0, 0.1) is 0 Å². The lowest BCUT2D eigenvalue weighted by Crippen LogP contribution is -2.28. The number of aromatic nitrogens is 1. The van der Waals surface area contributed by atoms with E-state index in [1.54, 1.807) is 24.4 Å². The van der Waals surface area contributed by atoms with Gasteiger partial charge in [-0.3, -0.25) is 9.78 Å². The summed E-state index contributed by atoms with van der Waals surface area (Å²) in [6, 6.07) is 5.31. The van der Waals surface area contributed by atoms with E-state index in [1.165, 1.54) is 0 Å². The second-order valence-corrected chi connectivity index (χ2v) is 2.45. The van der Waals surface area contributed by atoms with Crippen LogP contribution in [0.5, 0.6) is 0 Å². The van der Waals surface area contributed by atoms with Crippen molar-refractivity contribution in [2.45, 2.75) is 5.92 Å². The molecule has 4 heteroatoms. The Bertz CT molecular complexity index is 260. The van der Waals surface area contributed by atoms with Crippen LogP contribution in [0.25, 0.3) is 0 Å². The van der Waals surface area contributed by atoms with Crippen LogP contribution in [0.15, 0.2) is 24.4 Å². The number of nitrogens with zero attached hydrogens (tertiary/aromatic N) is 1. The molecule has 4 N–H and O–H groups in total. The second kappa shape index (κ2) is 3.82. The van der Waals surface area contributed by atoms with Crippen LogP contribution in [0.4, 0.5) is 0 Å². The highest BCUT2D eigenvalue weighted by Crippen LogP contribution is 2.09. The summed E-state index contributed by atoms with van der Waals surface area (Å²) in [6.07, 6.45) is 1.61. The molecular weight excluding hydrogens is 154 g/mol. The van der Waals surface area contributed by atoms with Gasteiger partial charge in [-0.05, 0) is 12.1 Å². The number of carbonyl (C=O) groups excluding carboxylic acids is 1. The summed E-state index contributed by atoms with van der Waals surface area (Å²) in [5.74, 6) is -0.901. The third-order valence-electron chi connectivity index (χ3n) is 1.62. The molecule has 1 amide bonds. The first-order valence-electron chi connectivity index (χ1n) is 3.66.